The lowest BCUT2D eigenvalue weighted by Gasteiger charge is -2.38. The van der Waals surface area contributed by atoms with E-state index in [-0.39, 0.29) is 18.6 Å². The molecule has 0 unspecified atom stereocenters. The number of β-amino-alcohol motifs (C(OH)–C–C–N with tert-alkyl or cyclic N) is 1. The van der Waals surface area contributed by atoms with E-state index in [0.717, 1.165) is 38.4 Å². The van der Waals surface area contributed by atoms with Crippen LogP contribution in [-0.4, -0.2) is 67.9 Å². The molecule has 0 aromatic heterocycles. The van der Waals surface area contributed by atoms with E-state index in [2.05, 4.69) is 10.0 Å². The van der Waals surface area contributed by atoms with E-state index in [1.807, 2.05) is 0 Å². The predicted molar refractivity (Wildman–Crippen MR) is 80.3 cm³/mol. The Bertz CT molecular complexity index is 390. The van der Waals surface area contributed by atoms with Crippen molar-refractivity contribution in [2.24, 2.45) is 5.92 Å². The van der Waals surface area contributed by atoms with Gasteiger partial charge < -0.3 is 20.6 Å². The summed E-state index contributed by atoms with van der Waals surface area (Å²) in [4.78, 5) is 0. The summed E-state index contributed by atoms with van der Waals surface area (Å²) in [6, 6.07) is 0.0162. The van der Waals surface area contributed by atoms with Gasteiger partial charge in [0.05, 0.1) is 18.5 Å². The molecule has 0 aliphatic carbocycles. The molecule has 1 aliphatic heterocycles. The molecule has 4 atom stereocenters. The van der Waals surface area contributed by atoms with Crippen molar-refractivity contribution < 1.29 is 23.7 Å². The van der Waals surface area contributed by atoms with E-state index >= 15 is 0 Å². The molecule has 1 aliphatic rings. The zero-order valence-corrected chi connectivity index (χ0v) is 13.3. The summed E-state index contributed by atoms with van der Waals surface area (Å²) in [7, 11) is -3.10. The third-order valence-electron chi connectivity index (χ3n) is 3.96. The van der Waals surface area contributed by atoms with Gasteiger partial charge in [-0.25, -0.2) is 13.1 Å². The van der Waals surface area contributed by atoms with Crippen molar-refractivity contribution in [1.29, 1.82) is 0 Å². The number of hydrogen-bond donors (Lipinski definition) is 5. The molecule has 0 saturated carbocycles. The zero-order valence-electron chi connectivity index (χ0n) is 12.5. The van der Waals surface area contributed by atoms with Crippen LogP contribution in [0.4, 0.5) is 0 Å². The fraction of sp³-hybridized carbons (Fsp3) is 1.00. The molecule has 1 heterocycles. The Morgan fingerprint density at radius 2 is 1.86 bits per heavy atom. The lowest BCUT2D eigenvalue weighted by atomic mass is 9.84. The van der Waals surface area contributed by atoms with E-state index in [0.29, 0.717) is 13.1 Å². The number of piperidine rings is 1. The van der Waals surface area contributed by atoms with Crippen molar-refractivity contribution >= 4 is 10.0 Å². The first-order chi connectivity index (χ1) is 9.85. The van der Waals surface area contributed by atoms with Crippen LogP contribution >= 0.6 is 0 Å². The third kappa shape index (κ3) is 7.03. The van der Waals surface area contributed by atoms with E-state index in [1.165, 1.54) is 0 Å². The van der Waals surface area contributed by atoms with Crippen molar-refractivity contribution in [2.75, 3.05) is 26.0 Å². The van der Waals surface area contributed by atoms with E-state index < -0.39 is 22.2 Å². The van der Waals surface area contributed by atoms with Crippen molar-refractivity contribution in [3.05, 3.63) is 0 Å². The molecule has 0 aromatic rings. The predicted octanol–water partition coefficient (Wildman–Crippen LogP) is -1.21. The maximum atomic E-state index is 10.9. The molecule has 1 rings (SSSR count). The van der Waals surface area contributed by atoms with Gasteiger partial charge in [0.1, 0.15) is 0 Å². The molecule has 0 bridgehead atoms. The summed E-state index contributed by atoms with van der Waals surface area (Å²) < 4.78 is 24.2. The third-order valence-corrected chi connectivity index (χ3v) is 4.68. The highest BCUT2D eigenvalue weighted by Crippen LogP contribution is 2.21. The van der Waals surface area contributed by atoms with Gasteiger partial charge in [-0.05, 0) is 12.8 Å². The largest absolute Gasteiger partial charge is 0.396 e. The maximum absolute atomic E-state index is 10.9. The van der Waals surface area contributed by atoms with E-state index in [1.54, 1.807) is 0 Å². The minimum absolute atomic E-state index is 0.0162. The highest BCUT2D eigenvalue weighted by molar-refractivity contribution is 7.88. The van der Waals surface area contributed by atoms with Crippen LogP contribution in [0.3, 0.4) is 0 Å². The monoisotopic (exact) mass is 324 g/mol. The van der Waals surface area contributed by atoms with Crippen molar-refractivity contribution in [3.63, 3.8) is 0 Å². The highest BCUT2D eigenvalue weighted by atomic mass is 32.2. The Labute approximate surface area is 126 Å². The standard InChI is InChI=1S/C13H28N2O5S/c1-21(19,20)15-7-5-3-2-4-6-11-10(9-16)13(18)12(17)8-14-11/h10-18H,2-9H2,1H3/t10-,11+,12+,13-/m0/s1. The number of hydrogen-bond acceptors (Lipinski definition) is 6. The lowest BCUT2D eigenvalue weighted by molar-refractivity contribution is -0.0679. The quantitative estimate of drug-likeness (QED) is 0.340. The summed E-state index contributed by atoms with van der Waals surface area (Å²) in [5.41, 5.74) is 0. The second kappa shape index (κ2) is 9.02. The van der Waals surface area contributed by atoms with Crippen LogP contribution in [0, 0.1) is 5.92 Å². The van der Waals surface area contributed by atoms with Crippen LogP contribution in [0.1, 0.15) is 32.1 Å². The summed E-state index contributed by atoms with van der Waals surface area (Å²) in [6.45, 7) is 0.666. The fourth-order valence-electron chi connectivity index (χ4n) is 2.72. The minimum atomic E-state index is -3.10. The van der Waals surface area contributed by atoms with Crippen LogP contribution in [-0.2, 0) is 10.0 Å². The summed E-state index contributed by atoms with van der Waals surface area (Å²) >= 11 is 0. The van der Waals surface area contributed by atoms with Gasteiger partial charge in [0.15, 0.2) is 0 Å². The molecule has 1 fully saturated rings. The normalized spacial score (nSPS) is 30.5. The molecule has 1 saturated heterocycles. The summed E-state index contributed by atoms with van der Waals surface area (Å²) in [6.07, 6.45) is 3.93. The molecule has 7 nitrogen and oxygen atoms in total. The van der Waals surface area contributed by atoms with Gasteiger partial charge in [-0.3, -0.25) is 0 Å². The maximum Gasteiger partial charge on any atom is 0.208 e. The molecule has 0 amide bonds. The number of nitrogens with one attached hydrogen (secondary N) is 2. The Balaban J connectivity index is 2.14. The first kappa shape index (κ1) is 18.8. The number of sulfonamides is 1. The van der Waals surface area contributed by atoms with Crippen molar-refractivity contribution in [2.45, 2.75) is 50.4 Å². The molecule has 0 spiro atoms. The topological polar surface area (TPSA) is 119 Å². The molecule has 21 heavy (non-hydrogen) atoms. The van der Waals surface area contributed by atoms with Crippen molar-refractivity contribution in [1.82, 2.24) is 10.0 Å². The Morgan fingerprint density at radius 3 is 2.48 bits per heavy atom. The van der Waals surface area contributed by atoms with Gasteiger partial charge >= 0.3 is 0 Å². The minimum Gasteiger partial charge on any atom is -0.396 e. The molecule has 5 N–H and O–H groups in total. The first-order valence-corrected chi connectivity index (χ1v) is 9.39. The lowest BCUT2D eigenvalue weighted by Crippen LogP contribution is -2.57. The number of unbranched alkanes of at least 4 members (excludes halogenated alkanes) is 3. The second-order valence-corrected chi connectivity index (χ2v) is 7.62. The molecule has 0 radical (unpaired) electrons. The molecule has 0 aromatic carbocycles. The van der Waals surface area contributed by atoms with Gasteiger partial charge in [0.25, 0.3) is 0 Å². The van der Waals surface area contributed by atoms with Gasteiger partial charge in [-0.15, -0.1) is 0 Å². The van der Waals surface area contributed by atoms with E-state index in [9.17, 15) is 23.7 Å². The Hall–Kier alpha value is -0.250. The average molecular weight is 324 g/mol. The zero-order chi connectivity index (χ0) is 15.9. The van der Waals surface area contributed by atoms with Crippen LogP contribution in [0.25, 0.3) is 0 Å². The van der Waals surface area contributed by atoms with Crippen LogP contribution in [0.15, 0.2) is 0 Å². The molecule has 126 valence electrons. The highest BCUT2D eigenvalue weighted by Gasteiger charge is 2.36. The summed E-state index contributed by atoms with van der Waals surface area (Å²) in [5.74, 6) is -0.333. The fourth-order valence-corrected chi connectivity index (χ4v) is 3.23. The number of rotatable bonds is 9. The van der Waals surface area contributed by atoms with Crippen LogP contribution < -0.4 is 10.0 Å². The SMILES string of the molecule is CS(=O)(=O)NCCCCCC[C@H]1NC[C@@H](O)[C@@H](O)[C@H]1CO. The van der Waals surface area contributed by atoms with Gasteiger partial charge in [-0.2, -0.15) is 0 Å². The Morgan fingerprint density at radius 1 is 1.19 bits per heavy atom. The van der Waals surface area contributed by atoms with Gasteiger partial charge in [0, 0.05) is 31.7 Å². The smallest absolute Gasteiger partial charge is 0.208 e. The average Bonchev–Trinajstić information content (AvgIpc) is 2.40. The molecule has 8 heteroatoms. The van der Waals surface area contributed by atoms with E-state index in [4.69, 9.17) is 0 Å². The number of aliphatic hydroxyl groups is 3. The van der Waals surface area contributed by atoms with Gasteiger partial charge in [0.2, 0.25) is 10.0 Å². The van der Waals surface area contributed by atoms with Gasteiger partial charge in [-0.1, -0.05) is 19.3 Å². The molecular weight excluding hydrogens is 296 g/mol. The van der Waals surface area contributed by atoms with Crippen molar-refractivity contribution in [3.8, 4) is 0 Å². The molecular formula is C13H28N2O5S. The Kier molecular flexibility index (Phi) is 8.07. The first-order valence-electron chi connectivity index (χ1n) is 7.50. The number of aliphatic hydroxyl groups excluding tert-OH is 3. The second-order valence-electron chi connectivity index (χ2n) is 5.79. The van der Waals surface area contributed by atoms with Crippen LogP contribution in [0.5, 0.6) is 0 Å². The summed E-state index contributed by atoms with van der Waals surface area (Å²) in [5, 5.41) is 31.9. The van der Waals surface area contributed by atoms with Crippen LogP contribution in [0.2, 0.25) is 0 Å².